The smallest absolute Gasteiger partial charge is 0.416 e. The monoisotopic (exact) mass is 425 g/mol. The van der Waals surface area contributed by atoms with Crippen LogP contribution in [0.4, 0.5) is 13.2 Å². The maximum atomic E-state index is 12.6. The summed E-state index contributed by atoms with van der Waals surface area (Å²) in [4.78, 5) is 19.1. The summed E-state index contributed by atoms with van der Waals surface area (Å²) in [6.07, 6.45) is -2.69. The molecule has 0 radical (unpaired) electrons. The third-order valence-electron chi connectivity index (χ3n) is 3.66. The second-order valence-corrected chi connectivity index (χ2v) is 5.94. The van der Waals surface area contributed by atoms with Gasteiger partial charge in [0.2, 0.25) is 0 Å². The van der Waals surface area contributed by atoms with Gasteiger partial charge in [0.25, 0.3) is 0 Å². The second-order valence-electron chi connectivity index (χ2n) is 5.94. The number of alkyl halides is 3. The molecule has 0 saturated heterocycles. The largest absolute Gasteiger partial charge is 0.486 e. The van der Waals surface area contributed by atoms with E-state index in [1.165, 1.54) is 12.1 Å². The molecule has 9 heteroatoms. The molecule has 0 aromatic heterocycles. The van der Waals surface area contributed by atoms with Crippen LogP contribution in [-0.2, 0) is 15.8 Å². The summed E-state index contributed by atoms with van der Waals surface area (Å²) < 4.78 is 43.6. The molecule has 0 amide bonds. The lowest BCUT2D eigenvalue weighted by Gasteiger charge is -2.20. The van der Waals surface area contributed by atoms with Crippen LogP contribution in [0, 0.1) is 0 Å². The van der Waals surface area contributed by atoms with Gasteiger partial charge in [-0.3, -0.25) is 0 Å². The molecule has 0 aliphatic carbocycles. The maximum Gasteiger partial charge on any atom is 0.416 e. The molecule has 1 atom stereocenters. The molecule has 6 nitrogen and oxygen atoms in total. The summed E-state index contributed by atoms with van der Waals surface area (Å²) in [5.74, 6) is -2.09. The lowest BCUT2D eigenvalue weighted by Crippen LogP contribution is -2.16. The third-order valence-corrected chi connectivity index (χ3v) is 3.66. The quantitative estimate of drug-likeness (QED) is 0.550. The average molecular weight is 425 g/mol. The number of carboxylic acid groups (broad SMARTS) is 2. The Balaban J connectivity index is 0.000000479. The normalized spacial score (nSPS) is 12.0. The fourth-order valence-corrected chi connectivity index (χ4v) is 2.27. The summed E-state index contributed by atoms with van der Waals surface area (Å²) in [5.41, 5.74) is 0.323. The molecule has 0 aliphatic heterocycles. The first-order valence-corrected chi connectivity index (χ1v) is 8.81. The molecule has 0 spiro atoms. The van der Waals surface area contributed by atoms with E-state index < -0.39 is 23.7 Å². The number of rotatable bonds is 8. The van der Waals surface area contributed by atoms with Crippen LogP contribution in [0.25, 0.3) is 0 Å². The number of aliphatic carboxylic acids is 2. The van der Waals surface area contributed by atoms with Crippen molar-refractivity contribution in [3.63, 3.8) is 0 Å². The molecular formula is C21H22F3NO5. The van der Waals surface area contributed by atoms with Crippen LogP contribution in [0.1, 0.15) is 23.7 Å². The van der Waals surface area contributed by atoms with Crippen molar-refractivity contribution in [1.29, 1.82) is 0 Å². The highest BCUT2D eigenvalue weighted by Crippen LogP contribution is 2.31. The SMILES string of the molecule is CNCCC(Oc1ccc(C(F)(F)F)cc1)c1ccccc1.O=C(O)/C=C\C(=O)O. The Bertz CT molecular complexity index is 805. The summed E-state index contributed by atoms with van der Waals surface area (Å²) in [5, 5.41) is 18.7. The van der Waals surface area contributed by atoms with Crippen molar-refractivity contribution >= 4 is 11.9 Å². The van der Waals surface area contributed by atoms with E-state index in [4.69, 9.17) is 14.9 Å². The Kier molecular flexibility index (Phi) is 10.1. The van der Waals surface area contributed by atoms with E-state index in [9.17, 15) is 22.8 Å². The zero-order chi connectivity index (χ0) is 22.6. The summed E-state index contributed by atoms with van der Waals surface area (Å²) >= 11 is 0. The molecular weight excluding hydrogens is 403 g/mol. The van der Waals surface area contributed by atoms with Crippen molar-refractivity contribution in [2.24, 2.45) is 0 Å². The van der Waals surface area contributed by atoms with Gasteiger partial charge < -0.3 is 20.3 Å². The lowest BCUT2D eigenvalue weighted by atomic mass is 10.1. The van der Waals surface area contributed by atoms with Gasteiger partial charge in [-0.25, -0.2) is 9.59 Å². The number of carbonyl (C=O) groups is 2. The van der Waals surface area contributed by atoms with Gasteiger partial charge in [0, 0.05) is 18.6 Å². The summed E-state index contributed by atoms with van der Waals surface area (Å²) in [7, 11) is 1.85. The Hall–Kier alpha value is -3.33. The van der Waals surface area contributed by atoms with Crippen molar-refractivity contribution in [3.05, 3.63) is 77.9 Å². The van der Waals surface area contributed by atoms with E-state index in [0.29, 0.717) is 17.9 Å². The first kappa shape index (κ1) is 24.7. The number of carboxylic acids is 2. The van der Waals surface area contributed by atoms with Crippen molar-refractivity contribution in [2.45, 2.75) is 18.7 Å². The van der Waals surface area contributed by atoms with Crippen LogP contribution < -0.4 is 10.1 Å². The maximum absolute atomic E-state index is 12.6. The number of halogens is 3. The first-order chi connectivity index (χ1) is 14.1. The highest BCUT2D eigenvalue weighted by atomic mass is 19.4. The minimum atomic E-state index is -4.33. The highest BCUT2D eigenvalue weighted by Gasteiger charge is 2.30. The molecule has 2 aromatic carbocycles. The summed E-state index contributed by atoms with van der Waals surface area (Å²) in [6, 6.07) is 14.4. The predicted molar refractivity (Wildman–Crippen MR) is 104 cm³/mol. The Morgan fingerprint density at radius 1 is 1.00 bits per heavy atom. The number of hydrogen-bond acceptors (Lipinski definition) is 4. The lowest BCUT2D eigenvalue weighted by molar-refractivity contribution is -0.137. The number of ether oxygens (including phenoxy) is 1. The van der Waals surface area contributed by atoms with Crippen LogP contribution in [-0.4, -0.2) is 35.7 Å². The van der Waals surface area contributed by atoms with Gasteiger partial charge in [-0.05, 0) is 43.4 Å². The van der Waals surface area contributed by atoms with E-state index in [0.717, 1.165) is 30.7 Å². The predicted octanol–water partition coefficient (Wildman–Crippen LogP) is 4.15. The molecule has 0 fully saturated rings. The van der Waals surface area contributed by atoms with Gasteiger partial charge in [0.1, 0.15) is 11.9 Å². The van der Waals surface area contributed by atoms with Gasteiger partial charge in [-0.1, -0.05) is 30.3 Å². The molecule has 0 heterocycles. The van der Waals surface area contributed by atoms with Crippen molar-refractivity contribution < 1.29 is 37.7 Å². The molecule has 2 rings (SSSR count). The molecule has 0 bridgehead atoms. The van der Waals surface area contributed by atoms with Gasteiger partial charge in [-0.15, -0.1) is 0 Å². The minimum absolute atomic E-state index is 0.203. The van der Waals surface area contributed by atoms with Gasteiger partial charge in [-0.2, -0.15) is 13.2 Å². The average Bonchev–Trinajstić information content (AvgIpc) is 2.70. The van der Waals surface area contributed by atoms with Crippen LogP contribution in [0.15, 0.2) is 66.7 Å². The van der Waals surface area contributed by atoms with Crippen LogP contribution in [0.3, 0.4) is 0 Å². The molecule has 2 aromatic rings. The molecule has 162 valence electrons. The van der Waals surface area contributed by atoms with E-state index in [2.05, 4.69) is 5.32 Å². The van der Waals surface area contributed by atoms with Crippen LogP contribution >= 0.6 is 0 Å². The number of nitrogens with one attached hydrogen (secondary N) is 1. The van der Waals surface area contributed by atoms with Crippen LogP contribution in [0.2, 0.25) is 0 Å². The molecule has 30 heavy (non-hydrogen) atoms. The highest BCUT2D eigenvalue weighted by molar-refractivity contribution is 5.89. The van der Waals surface area contributed by atoms with E-state index >= 15 is 0 Å². The minimum Gasteiger partial charge on any atom is -0.486 e. The Labute approximate surface area is 171 Å². The van der Waals surface area contributed by atoms with Gasteiger partial charge >= 0.3 is 18.1 Å². The van der Waals surface area contributed by atoms with E-state index in [1.54, 1.807) is 0 Å². The molecule has 1 unspecified atom stereocenters. The van der Waals surface area contributed by atoms with Crippen molar-refractivity contribution in [1.82, 2.24) is 5.32 Å². The van der Waals surface area contributed by atoms with Crippen LogP contribution in [0.5, 0.6) is 5.75 Å². The fraction of sp³-hybridized carbons (Fsp3) is 0.238. The zero-order valence-corrected chi connectivity index (χ0v) is 16.1. The first-order valence-electron chi connectivity index (χ1n) is 8.81. The second kappa shape index (κ2) is 12.3. The molecule has 0 aliphatic rings. The molecule has 0 saturated carbocycles. The topological polar surface area (TPSA) is 95.9 Å². The number of hydrogen-bond donors (Lipinski definition) is 3. The van der Waals surface area contributed by atoms with Crippen molar-refractivity contribution in [2.75, 3.05) is 13.6 Å². The fourth-order valence-electron chi connectivity index (χ4n) is 2.27. The Morgan fingerprint density at radius 3 is 1.97 bits per heavy atom. The third kappa shape index (κ3) is 9.74. The zero-order valence-electron chi connectivity index (χ0n) is 16.1. The Morgan fingerprint density at radius 2 is 1.53 bits per heavy atom. The number of benzene rings is 2. The standard InChI is InChI=1S/C17H18F3NO.C4H4O4/c1-21-12-11-16(13-5-3-2-4-6-13)22-15-9-7-14(8-10-15)17(18,19)20;5-3(6)1-2-4(7)8/h2-10,16,21H,11-12H2,1H3;1-2H,(H,5,6)(H,7,8)/b;2-1-. The summed E-state index contributed by atoms with van der Waals surface area (Å²) in [6.45, 7) is 0.750. The molecule has 3 N–H and O–H groups in total. The van der Waals surface area contributed by atoms with E-state index in [1.807, 2.05) is 37.4 Å². The van der Waals surface area contributed by atoms with Crippen molar-refractivity contribution in [3.8, 4) is 5.75 Å². The van der Waals surface area contributed by atoms with Gasteiger partial charge in [0.05, 0.1) is 5.56 Å². The van der Waals surface area contributed by atoms with E-state index in [-0.39, 0.29) is 6.10 Å². The van der Waals surface area contributed by atoms with Gasteiger partial charge in [0.15, 0.2) is 0 Å².